The minimum absolute atomic E-state index is 0.0329. The van der Waals surface area contributed by atoms with Gasteiger partial charge in [-0.15, -0.1) is 11.6 Å². The molecule has 0 bridgehead atoms. The third-order valence-electron chi connectivity index (χ3n) is 1.77. The molecular formula is C8H14ClF3O. The van der Waals surface area contributed by atoms with Crippen LogP contribution in [0.1, 0.15) is 20.3 Å². The maximum absolute atomic E-state index is 11.6. The highest BCUT2D eigenvalue weighted by Crippen LogP contribution is 2.16. The van der Waals surface area contributed by atoms with Crippen LogP contribution in [0, 0.1) is 5.92 Å². The minimum Gasteiger partial charge on any atom is -0.372 e. The summed E-state index contributed by atoms with van der Waals surface area (Å²) in [7, 11) is 0. The molecule has 0 saturated heterocycles. The van der Waals surface area contributed by atoms with Gasteiger partial charge in [0.15, 0.2) is 0 Å². The second-order valence-electron chi connectivity index (χ2n) is 3.11. The summed E-state index contributed by atoms with van der Waals surface area (Å²) in [5.74, 6) is 0.176. The van der Waals surface area contributed by atoms with Gasteiger partial charge in [-0.25, -0.2) is 0 Å². The van der Waals surface area contributed by atoms with Crippen LogP contribution < -0.4 is 0 Å². The molecule has 0 aromatic carbocycles. The van der Waals surface area contributed by atoms with E-state index in [2.05, 4.69) is 4.74 Å². The molecule has 2 unspecified atom stereocenters. The van der Waals surface area contributed by atoms with E-state index in [-0.39, 0.29) is 17.9 Å². The Morgan fingerprint density at radius 1 is 1.31 bits per heavy atom. The lowest BCUT2D eigenvalue weighted by atomic mass is 10.1. The van der Waals surface area contributed by atoms with Gasteiger partial charge in [0.05, 0.1) is 0 Å². The summed E-state index contributed by atoms with van der Waals surface area (Å²) in [6.45, 7) is 2.64. The summed E-state index contributed by atoms with van der Waals surface area (Å²) in [5.41, 5.74) is 0. The summed E-state index contributed by atoms with van der Waals surface area (Å²) >= 11 is 5.72. The van der Waals surface area contributed by atoms with Crippen LogP contribution in [0.15, 0.2) is 0 Å². The van der Waals surface area contributed by atoms with Crippen LogP contribution in [0.25, 0.3) is 0 Å². The monoisotopic (exact) mass is 218 g/mol. The van der Waals surface area contributed by atoms with Crippen LogP contribution in [-0.4, -0.2) is 24.8 Å². The average Bonchev–Trinajstić information content (AvgIpc) is 1.95. The molecule has 0 aromatic rings. The summed E-state index contributed by atoms with van der Waals surface area (Å²) in [4.78, 5) is 0. The minimum atomic E-state index is -4.23. The molecular weight excluding hydrogens is 205 g/mol. The topological polar surface area (TPSA) is 9.23 Å². The molecule has 0 aliphatic carbocycles. The fourth-order valence-electron chi connectivity index (χ4n) is 0.687. The molecule has 0 radical (unpaired) electrons. The largest absolute Gasteiger partial charge is 0.411 e. The Labute approximate surface area is 81.2 Å². The first-order chi connectivity index (χ1) is 5.83. The average molecular weight is 219 g/mol. The lowest BCUT2D eigenvalue weighted by molar-refractivity contribution is -0.174. The summed E-state index contributed by atoms with van der Waals surface area (Å²) in [5, 5.41) is -0.0329. The van der Waals surface area contributed by atoms with Gasteiger partial charge in [-0.05, 0) is 19.3 Å². The lowest BCUT2D eigenvalue weighted by Crippen LogP contribution is -2.19. The van der Waals surface area contributed by atoms with Crippen molar-refractivity contribution in [3.05, 3.63) is 0 Å². The zero-order valence-electron chi connectivity index (χ0n) is 7.70. The molecule has 80 valence electrons. The Morgan fingerprint density at radius 2 is 1.85 bits per heavy atom. The summed E-state index contributed by atoms with van der Waals surface area (Å²) in [6, 6.07) is 0. The van der Waals surface area contributed by atoms with E-state index in [9.17, 15) is 13.2 Å². The van der Waals surface area contributed by atoms with E-state index in [1.807, 2.05) is 13.8 Å². The highest BCUT2D eigenvalue weighted by molar-refractivity contribution is 6.20. The van der Waals surface area contributed by atoms with Crippen LogP contribution in [0.4, 0.5) is 13.2 Å². The Bertz CT molecular complexity index is 136. The maximum Gasteiger partial charge on any atom is 0.411 e. The normalized spacial score (nSPS) is 17.1. The molecule has 13 heavy (non-hydrogen) atoms. The van der Waals surface area contributed by atoms with Crippen molar-refractivity contribution in [1.82, 2.24) is 0 Å². The molecule has 0 aliphatic heterocycles. The van der Waals surface area contributed by atoms with Crippen molar-refractivity contribution < 1.29 is 17.9 Å². The van der Waals surface area contributed by atoms with E-state index in [4.69, 9.17) is 11.6 Å². The van der Waals surface area contributed by atoms with Crippen LogP contribution in [0.3, 0.4) is 0 Å². The third-order valence-corrected chi connectivity index (χ3v) is 2.20. The van der Waals surface area contributed by atoms with Crippen LogP contribution >= 0.6 is 11.6 Å². The second kappa shape index (κ2) is 5.70. The van der Waals surface area contributed by atoms with Crippen LogP contribution in [0.5, 0.6) is 0 Å². The molecule has 1 nitrogen and oxygen atoms in total. The highest BCUT2D eigenvalue weighted by atomic mass is 35.5. The predicted octanol–water partition coefficient (Wildman–Crippen LogP) is 3.22. The molecule has 0 heterocycles. The number of hydrogen-bond acceptors (Lipinski definition) is 1. The van der Waals surface area contributed by atoms with Crippen molar-refractivity contribution in [2.24, 2.45) is 5.92 Å². The van der Waals surface area contributed by atoms with E-state index in [0.29, 0.717) is 6.42 Å². The number of halogens is 4. The van der Waals surface area contributed by atoms with E-state index >= 15 is 0 Å². The first-order valence-electron chi connectivity index (χ1n) is 4.11. The second-order valence-corrected chi connectivity index (χ2v) is 3.80. The van der Waals surface area contributed by atoms with E-state index < -0.39 is 12.8 Å². The van der Waals surface area contributed by atoms with Crippen molar-refractivity contribution in [2.45, 2.75) is 31.8 Å². The Balaban J connectivity index is 3.36. The van der Waals surface area contributed by atoms with Crippen molar-refractivity contribution >= 4 is 11.6 Å². The van der Waals surface area contributed by atoms with Gasteiger partial charge in [-0.3, -0.25) is 0 Å². The van der Waals surface area contributed by atoms with Crippen LogP contribution in [-0.2, 0) is 4.74 Å². The fraction of sp³-hybridized carbons (Fsp3) is 1.00. The summed E-state index contributed by atoms with van der Waals surface area (Å²) in [6.07, 6.45) is -3.67. The Hall–Kier alpha value is 0.0400. The molecule has 0 amide bonds. The zero-order chi connectivity index (χ0) is 10.5. The molecule has 0 N–H and O–H groups in total. The molecule has 0 rings (SSSR count). The lowest BCUT2D eigenvalue weighted by Gasteiger charge is -2.14. The van der Waals surface area contributed by atoms with Gasteiger partial charge in [-0.1, -0.05) is 6.92 Å². The van der Waals surface area contributed by atoms with Gasteiger partial charge < -0.3 is 4.74 Å². The van der Waals surface area contributed by atoms with Gasteiger partial charge in [0, 0.05) is 12.0 Å². The number of rotatable bonds is 5. The van der Waals surface area contributed by atoms with Gasteiger partial charge in [0.25, 0.3) is 0 Å². The van der Waals surface area contributed by atoms with Gasteiger partial charge in [0.1, 0.15) is 6.61 Å². The molecule has 0 aliphatic rings. The Kier molecular flexibility index (Phi) is 5.72. The zero-order valence-corrected chi connectivity index (χ0v) is 8.45. The molecule has 0 aromatic heterocycles. The quantitative estimate of drug-likeness (QED) is 0.509. The van der Waals surface area contributed by atoms with Gasteiger partial charge in [-0.2, -0.15) is 13.2 Å². The van der Waals surface area contributed by atoms with Crippen molar-refractivity contribution in [3.8, 4) is 0 Å². The van der Waals surface area contributed by atoms with Crippen molar-refractivity contribution in [2.75, 3.05) is 13.2 Å². The fourth-order valence-corrected chi connectivity index (χ4v) is 0.813. The van der Waals surface area contributed by atoms with Gasteiger partial charge in [0.2, 0.25) is 0 Å². The first-order valence-corrected chi connectivity index (χ1v) is 4.55. The van der Waals surface area contributed by atoms with Crippen molar-refractivity contribution in [1.29, 1.82) is 0 Å². The van der Waals surface area contributed by atoms with E-state index in [1.165, 1.54) is 0 Å². The van der Waals surface area contributed by atoms with E-state index in [0.717, 1.165) is 0 Å². The number of alkyl halides is 4. The number of hydrogen-bond donors (Lipinski definition) is 0. The molecule has 0 spiro atoms. The van der Waals surface area contributed by atoms with Crippen LogP contribution in [0.2, 0.25) is 0 Å². The van der Waals surface area contributed by atoms with Crippen molar-refractivity contribution in [3.63, 3.8) is 0 Å². The SMILES string of the molecule is CC(Cl)C(C)CCOCC(F)(F)F. The first kappa shape index (κ1) is 13.0. The molecule has 0 saturated carbocycles. The smallest absolute Gasteiger partial charge is 0.372 e. The Morgan fingerprint density at radius 3 is 2.23 bits per heavy atom. The third kappa shape index (κ3) is 8.37. The highest BCUT2D eigenvalue weighted by Gasteiger charge is 2.27. The maximum atomic E-state index is 11.6. The van der Waals surface area contributed by atoms with Gasteiger partial charge >= 0.3 is 6.18 Å². The molecule has 5 heteroatoms. The molecule has 2 atom stereocenters. The van der Waals surface area contributed by atoms with E-state index in [1.54, 1.807) is 0 Å². The standard InChI is InChI=1S/C8H14ClF3O/c1-6(7(2)9)3-4-13-5-8(10,11)12/h6-7H,3-5H2,1-2H3. The number of ether oxygens (including phenoxy) is 1. The predicted molar refractivity (Wildman–Crippen MR) is 46.0 cm³/mol. The molecule has 0 fully saturated rings. The summed E-state index contributed by atoms with van der Waals surface area (Å²) < 4.78 is 39.2.